The molecule has 1 amide bonds. The minimum Gasteiger partial charge on any atom is -0.352 e. The number of hydrogen-bond donors (Lipinski definition) is 2. The summed E-state index contributed by atoms with van der Waals surface area (Å²) in [4.78, 5) is 20.0. The summed E-state index contributed by atoms with van der Waals surface area (Å²) < 4.78 is 0. The van der Waals surface area contributed by atoms with Gasteiger partial charge in [0.2, 0.25) is 5.91 Å². The van der Waals surface area contributed by atoms with Gasteiger partial charge >= 0.3 is 0 Å². The van der Waals surface area contributed by atoms with Gasteiger partial charge in [0.05, 0.1) is 17.1 Å². The normalized spacial score (nSPS) is 10.1. The summed E-state index contributed by atoms with van der Waals surface area (Å²) in [5.74, 6) is 0.581. The number of aromatic nitrogens is 2. The third-order valence-electron chi connectivity index (χ3n) is 2.30. The van der Waals surface area contributed by atoms with Gasteiger partial charge in [-0.05, 0) is 12.1 Å². The summed E-state index contributed by atoms with van der Waals surface area (Å²) >= 11 is 7.18. The summed E-state index contributed by atoms with van der Waals surface area (Å²) in [5, 5.41) is 8.87. The number of halogens is 1. The summed E-state index contributed by atoms with van der Waals surface area (Å²) in [6.45, 7) is 4.00. The van der Waals surface area contributed by atoms with Crippen LogP contribution in [0.1, 0.15) is 5.69 Å². The van der Waals surface area contributed by atoms with E-state index < -0.39 is 0 Å². The zero-order valence-electron chi connectivity index (χ0n) is 10.6. The molecule has 0 atom stereocenters. The van der Waals surface area contributed by atoms with Gasteiger partial charge in [0, 0.05) is 18.1 Å². The monoisotopic (exact) mass is 308 g/mol. The minimum absolute atomic E-state index is 0.0774. The predicted molar refractivity (Wildman–Crippen MR) is 81.6 cm³/mol. The molecule has 0 aliphatic heterocycles. The topological polar surface area (TPSA) is 66.9 Å². The van der Waals surface area contributed by atoms with E-state index in [1.165, 1.54) is 11.3 Å². The first-order valence-electron chi connectivity index (χ1n) is 5.88. The van der Waals surface area contributed by atoms with Crippen LogP contribution < -0.4 is 10.6 Å². The molecule has 2 aromatic heterocycles. The lowest BCUT2D eigenvalue weighted by atomic mass is 10.3. The first-order chi connectivity index (χ1) is 9.67. The fourth-order valence-electron chi connectivity index (χ4n) is 1.42. The van der Waals surface area contributed by atoms with Crippen molar-refractivity contribution < 1.29 is 4.79 Å². The molecule has 7 heteroatoms. The number of pyridine rings is 1. The maximum absolute atomic E-state index is 11.5. The predicted octanol–water partition coefficient (Wildman–Crippen LogP) is 2.78. The van der Waals surface area contributed by atoms with E-state index in [9.17, 15) is 4.79 Å². The molecule has 0 bridgehead atoms. The van der Waals surface area contributed by atoms with Gasteiger partial charge in [-0.25, -0.2) is 9.97 Å². The molecular formula is C13H13ClN4OS. The number of anilines is 2. The Hall–Kier alpha value is -1.92. The Morgan fingerprint density at radius 3 is 3.05 bits per heavy atom. The minimum atomic E-state index is -0.0774. The standard InChI is InChI=1S/C13H13ClN4OS/c1-2-5-15-12(19)6-10-8-20-13(17-10)18-11-4-3-9(14)7-16-11/h2-4,7-8H,1,5-6H2,(H,15,19)(H,16,17,18). The molecule has 0 aliphatic carbocycles. The van der Waals surface area contributed by atoms with E-state index in [-0.39, 0.29) is 12.3 Å². The Bertz CT molecular complexity index is 597. The highest BCUT2D eigenvalue weighted by Crippen LogP contribution is 2.20. The van der Waals surface area contributed by atoms with Gasteiger partial charge in [0.25, 0.3) is 0 Å². The van der Waals surface area contributed by atoms with Crippen molar-refractivity contribution in [1.82, 2.24) is 15.3 Å². The first kappa shape index (κ1) is 14.5. The van der Waals surface area contributed by atoms with Crippen LogP contribution in [0.15, 0.2) is 36.4 Å². The Labute approximate surface area is 125 Å². The molecule has 2 aromatic rings. The van der Waals surface area contributed by atoms with Crippen LogP contribution in [0.4, 0.5) is 10.9 Å². The molecule has 0 aromatic carbocycles. The lowest BCUT2D eigenvalue weighted by Gasteiger charge is -2.01. The fourth-order valence-corrected chi connectivity index (χ4v) is 2.25. The molecule has 0 radical (unpaired) electrons. The quantitative estimate of drug-likeness (QED) is 0.805. The second-order valence-electron chi connectivity index (χ2n) is 3.90. The molecule has 2 N–H and O–H groups in total. The van der Waals surface area contributed by atoms with E-state index >= 15 is 0 Å². The lowest BCUT2D eigenvalue weighted by molar-refractivity contribution is -0.120. The van der Waals surface area contributed by atoms with E-state index in [1.807, 2.05) is 5.38 Å². The molecule has 0 unspecified atom stereocenters. The first-order valence-corrected chi connectivity index (χ1v) is 7.13. The number of carbonyl (C=O) groups is 1. The van der Waals surface area contributed by atoms with Crippen LogP contribution in [-0.2, 0) is 11.2 Å². The highest BCUT2D eigenvalue weighted by Gasteiger charge is 2.07. The van der Waals surface area contributed by atoms with Crippen LogP contribution >= 0.6 is 22.9 Å². The van der Waals surface area contributed by atoms with E-state index in [0.29, 0.717) is 28.2 Å². The number of amides is 1. The van der Waals surface area contributed by atoms with E-state index in [4.69, 9.17) is 11.6 Å². The van der Waals surface area contributed by atoms with E-state index in [1.54, 1.807) is 24.4 Å². The largest absolute Gasteiger partial charge is 0.352 e. The van der Waals surface area contributed by atoms with Crippen molar-refractivity contribution in [3.63, 3.8) is 0 Å². The third-order valence-corrected chi connectivity index (χ3v) is 3.33. The molecule has 0 aliphatic rings. The van der Waals surface area contributed by atoms with Crippen molar-refractivity contribution in [1.29, 1.82) is 0 Å². The van der Waals surface area contributed by atoms with Crippen molar-refractivity contribution in [3.05, 3.63) is 47.1 Å². The molecular weight excluding hydrogens is 296 g/mol. The lowest BCUT2D eigenvalue weighted by Crippen LogP contribution is -2.25. The maximum Gasteiger partial charge on any atom is 0.226 e. The second-order valence-corrected chi connectivity index (χ2v) is 5.19. The van der Waals surface area contributed by atoms with E-state index in [2.05, 4.69) is 27.2 Å². The number of hydrogen-bond acceptors (Lipinski definition) is 5. The maximum atomic E-state index is 11.5. The molecule has 2 rings (SSSR count). The summed E-state index contributed by atoms with van der Waals surface area (Å²) in [5.41, 5.74) is 0.716. The van der Waals surface area contributed by atoms with Crippen LogP contribution in [0.3, 0.4) is 0 Å². The molecule has 2 heterocycles. The van der Waals surface area contributed by atoms with Crippen LogP contribution in [-0.4, -0.2) is 22.4 Å². The van der Waals surface area contributed by atoms with Crippen molar-refractivity contribution in [2.45, 2.75) is 6.42 Å². The van der Waals surface area contributed by atoms with Crippen molar-refractivity contribution in [2.75, 3.05) is 11.9 Å². The summed E-state index contributed by atoms with van der Waals surface area (Å²) in [7, 11) is 0. The number of nitrogens with one attached hydrogen (secondary N) is 2. The molecule has 5 nitrogen and oxygen atoms in total. The highest BCUT2D eigenvalue weighted by molar-refractivity contribution is 7.13. The zero-order valence-corrected chi connectivity index (χ0v) is 12.2. The number of thiazole rings is 1. The zero-order chi connectivity index (χ0) is 14.4. The second kappa shape index (κ2) is 7.02. The molecule has 104 valence electrons. The SMILES string of the molecule is C=CCNC(=O)Cc1csc(Nc2ccc(Cl)cn2)n1. The summed E-state index contributed by atoms with van der Waals surface area (Å²) in [6.07, 6.45) is 3.44. The van der Waals surface area contributed by atoms with Gasteiger partial charge in [-0.15, -0.1) is 17.9 Å². The fraction of sp³-hybridized carbons (Fsp3) is 0.154. The Morgan fingerprint density at radius 1 is 1.50 bits per heavy atom. The molecule has 0 spiro atoms. The van der Waals surface area contributed by atoms with Crippen LogP contribution in [0.25, 0.3) is 0 Å². The smallest absolute Gasteiger partial charge is 0.226 e. The number of nitrogens with zero attached hydrogens (tertiary/aromatic N) is 2. The molecule has 0 saturated heterocycles. The van der Waals surface area contributed by atoms with Crippen LogP contribution in [0.5, 0.6) is 0 Å². The van der Waals surface area contributed by atoms with Gasteiger partial charge < -0.3 is 10.6 Å². The average molecular weight is 309 g/mol. The Balaban J connectivity index is 1.93. The van der Waals surface area contributed by atoms with E-state index in [0.717, 1.165) is 0 Å². The van der Waals surface area contributed by atoms with Gasteiger partial charge in [-0.2, -0.15) is 0 Å². The van der Waals surface area contributed by atoms with Crippen molar-refractivity contribution >= 4 is 39.8 Å². The van der Waals surface area contributed by atoms with Gasteiger partial charge in [0.1, 0.15) is 5.82 Å². The highest BCUT2D eigenvalue weighted by atomic mass is 35.5. The molecule has 0 saturated carbocycles. The Kier molecular flexibility index (Phi) is 5.09. The third kappa shape index (κ3) is 4.32. The van der Waals surface area contributed by atoms with Crippen LogP contribution in [0, 0.1) is 0 Å². The number of rotatable bonds is 6. The van der Waals surface area contributed by atoms with Gasteiger partial charge in [-0.3, -0.25) is 4.79 Å². The average Bonchev–Trinajstić information content (AvgIpc) is 2.86. The van der Waals surface area contributed by atoms with Gasteiger partial charge in [0.15, 0.2) is 5.13 Å². The molecule has 20 heavy (non-hydrogen) atoms. The van der Waals surface area contributed by atoms with Crippen molar-refractivity contribution in [3.8, 4) is 0 Å². The number of carbonyl (C=O) groups excluding carboxylic acids is 1. The van der Waals surface area contributed by atoms with Crippen LogP contribution in [0.2, 0.25) is 5.02 Å². The summed E-state index contributed by atoms with van der Waals surface area (Å²) in [6, 6.07) is 3.51. The van der Waals surface area contributed by atoms with Gasteiger partial charge in [-0.1, -0.05) is 17.7 Å². The molecule has 0 fully saturated rings. The van der Waals surface area contributed by atoms with Crippen molar-refractivity contribution in [2.24, 2.45) is 0 Å². The Morgan fingerprint density at radius 2 is 2.35 bits per heavy atom.